The van der Waals surface area contributed by atoms with Crippen LogP contribution in [-0.2, 0) is 16.4 Å². The molecule has 5 N–H and O–H groups in total. The standard InChI is InChI=1S/C19H17FN8O2S/c20-16-10-22-19(26-14-2-1-3-15(9-14)31(21,29)30)27-18(16)25-13-6-4-12(5-7-13)8-17-23-11-24-28-17/h1-7,9-11H,8H2,(H2,21,29,30)(H,23,24,28)(H2,22,25,26,27). The molecule has 0 radical (unpaired) electrons. The third-order valence-electron chi connectivity index (χ3n) is 4.22. The average molecular weight is 440 g/mol. The van der Waals surface area contributed by atoms with Gasteiger partial charge in [-0.3, -0.25) is 5.10 Å². The zero-order valence-electron chi connectivity index (χ0n) is 15.9. The molecule has 10 nitrogen and oxygen atoms in total. The van der Waals surface area contributed by atoms with E-state index >= 15 is 0 Å². The first-order valence-corrected chi connectivity index (χ1v) is 10.5. The van der Waals surface area contributed by atoms with Crippen LogP contribution in [0.5, 0.6) is 0 Å². The molecule has 0 aliphatic rings. The summed E-state index contributed by atoms with van der Waals surface area (Å²) in [4.78, 5) is 12.0. The van der Waals surface area contributed by atoms with Gasteiger partial charge in [0.2, 0.25) is 16.0 Å². The van der Waals surface area contributed by atoms with Gasteiger partial charge in [-0.05, 0) is 35.9 Å². The number of hydrogen-bond acceptors (Lipinski definition) is 8. The van der Waals surface area contributed by atoms with E-state index < -0.39 is 15.8 Å². The lowest BCUT2D eigenvalue weighted by molar-refractivity contribution is 0.598. The zero-order valence-corrected chi connectivity index (χ0v) is 16.8. The Hall–Kier alpha value is -3.90. The summed E-state index contributed by atoms with van der Waals surface area (Å²) in [6.07, 6.45) is 3.05. The summed E-state index contributed by atoms with van der Waals surface area (Å²) in [6, 6.07) is 13.2. The highest BCUT2D eigenvalue weighted by atomic mass is 32.2. The molecule has 4 rings (SSSR count). The molecule has 0 atom stereocenters. The van der Waals surface area contributed by atoms with Crippen molar-refractivity contribution in [1.29, 1.82) is 0 Å². The fraction of sp³-hybridized carbons (Fsp3) is 0.0526. The van der Waals surface area contributed by atoms with Crippen LogP contribution in [0.2, 0.25) is 0 Å². The van der Waals surface area contributed by atoms with E-state index in [-0.39, 0.29) is 16.7 Å². The maximum Gasteiger partial charge on any atom is 0.238 e. The van der Waals surface area contributed by atoms with Crippen molar-refractivity contribution in [2.45, 2.75) is 11.3 Å². The Labute approximate surface area is 176 Å². The molecule has 4 aromatic rings. The summed E-state index contributed by atoms with van der Waals surface area (Å²) in [7, 11) is -3.86. The summed E-state index contributed by atoms with van der Waals surface area (Å²) < 4.78 is 37.2. The number of aromatic nitrogens is 5. The van der Waals surface area contributed by atoms with Crippen molar-refractivity contribution in [3.63, 3.8) is 0 Å². The smallest absolute Gasteiger partial charge is 0.238 e. The molecule has 0 bridgehead atoms. The maximum absolute atomic E-state index is 14.2. The second-order valence-electron chi connectivity index (χ2n) is 6.52. The Kier molecular flexibility index (Phi) is 5.56. The van der Waals surface area contributed by atoms with Crippen LogP contribution in [0.3, 0.4) is 0 Å². The minimum Gasteiger partial charge on any atom is -0.338 e. The summed E-state index contributed by atoms with van der Waals surface area (Å²) >= 11 is 0. The van der Waals surface area contributed by atoms with Crippen LogP contribution >= 0.6 is 0 Å². The molecule has 0 spiro atoms. The van der Waals surface area contributed by atoms with Crippen molar-refractivity contribution in [1.82, 2.24) is 25.1 Å². The Morgan fingerprint density at radius 3 is 2.55 bits per heavy atom. The molecule has 0 saturated heterocycles. The van der Waals surface area contributed by atoms with Gasteiger partial charge in [-0.15, -0.1) is 0 Å². The van der Waals surface area contributed by atoms with Crippen molar-refractivity contribution in [3.05, 3.63) is 78.3 Å². The second-order valence-corrected chi connectivity index (χ2v) is 8.08. The first-order chi connectivity index (χ1) is 14.9. The van der Waals surface area contributed by atoms with Crippen LogP contribution in [0.1, 0.15) is 11.4 Å². The van der Waals surface area contributed by atoms with E-state index in [1.807, 2.05) is 12.1 Å². The largest absolute Gasteiger partial charge is 0.338 e. The lowest BCUT2D eigenvalue weighted by atomic mass is 10.1. The highest BCUT2D eigenvalue weighted by molar-refractivity contribution is 7.89. The topological polar surface area (TPSA) is 152 Å². The van der Waals surface area contributed by atoms with Crippen LogP contribution in [0, 0.1) is 5.82 Å². The van der Waals surface area contributed by atoms with Crippen molar-refractivity contribution < 1.29 is 12.8 Å². The predicted molar refractivity (Wildman–Crippen MR) is 112 cm³/mol. The molecule has 158 valence electrons. The molecule has 2 aromatic carbocycles. The summed E-state index contributed by atoms with van der Waals surface area (Å²) in [5.74, 6) is 0.139. The van der Waals surface area contributed by atoms with E-state index in [0.717, 1.165) is 17.6 Å². The maximum atomic E-state index is 14.2. The number of primary sulfonamides is 1. The first kappa shape index (κ1) is 20.4. The number of H-pyrrole nitrogens is 1. The van der Waals surface area contributed by atoms with Gasteiger partial charge in [0.15, 0.2) is 11.6 Å². The van der Waals surface area contributed by atoms with Gasteiger partial charge in [0.1, 0.15) is 12.2 Å². The molecule has 0 amide bonds. The number of hydrogen-bond donors (Lipinski definition) is 4. The SMILES string of the molecule is NS(=O)(=O)c1cccc(Nc2ncc(F)c(Nc3ccc(Cc4ncn[nH]4)cc3)n2)c1. The monoisotopic (exact) mass is 440 g/mol. The third-order valence-corrected chi connectivity index (χ3v) is 5.13. The molecule has 0 saturated carbocycles. The van der Waals surface area contributed by atoms with Crippen molar-refractivity contribution in [2.24, 2.45) is 5.14 Å². The number of anilines is 4. The molecule has 0 unspecified atom stereocenters. The summed E-state index contributed by atoms with van der Waals surface area (Å²) in [6.45, 7) is 0. The van der Waals surface area contributed by atoms with Crippen molar-refractivity contribution >= 4 is 33.2 Å². The summed E-state index contributed by atoms with van der Waals surface area (Å²) in [5, 5.41) is 17.5. The number of halogens is 1. The van der Waals surface area contributed by atoms with E-state index in [0.29, 0.717) is 17.8 Å². The van der Waals surface area contributed by atoms with Gasteiger partial charge in [0.05, 0.1) is 11.1 Å². The van der Waals surface area contributed by atoms with Crippen LogP contribution in [0.15, 0.2) is 66.0 Å². The van der Waals surface area contributed by atoms with Gasteiger partial charge in [0, 0.05) is 17.8 Å². The normalized spacial score (nSPS) is 11.3. The minimum absolute atomic E-state index is 0.0388. The highest BCUT2D eigenvalue weighted by Gasteiger charge is 2.11. The molecule has 2 aromatic heterocycles. The molecule has 2 heterocycles. The lowest BCUT2D eigenvalue weighted by Gasteiger charge is -2.10. The number of benzene rings is 2. The molecule has 0 fully saturated rings. The van der Waals surface area contributed by atoms with E-state index in [2.05, 4.69) is 35.8 Å². The minimum atomic E-state index is -3.86. The quantitative estimate of drug-likeness (QED) is 0.342. The van der Waals surface area contributed by atoms with E-state index in [1.165, 1.54) is 24.5 Å². The van der Waals surface area contributed by atoms with Crippen LogP contribution in [0.4, 0.5) is 27.5 Å². The van der Waals surface area contributed by atoms with Gasteiger partial charge < -0.3 is 10.6 Å². The molecule has 0 aliphatic carbocycles. The van der Waals surface area contributed by atoms with Gasteiger partial charge in [-0.2, -0.15) is 10.1 Å². The number of sulfonamides is 1. The van der Waals surface area contributed by atoms with Gasteiger partial charge in [-0.1, -0.05) is 18.2 Å². The number of nitrogens with two attached hydrogens (primary N) is 1. The van der Waals surface area contributed by atoms with E-state index in [9.17, 15) is 12.8 Å². The molecular formula is C19H17FN8O2S. The van der Waals surface area contributed by atoms with Crippen LogP contribution in [0.25, 0.3) is 0 Å². The Balaban J connectivity index is 1.49. The van der Waals surface area contributed by atoms with E-state index in [1.54, 1.807) is 18.2 Å². The lowest BCUT2D eigenvalue weighted by Crippen LogP contribution is -2.12. The van der Waals surface area contributed by atoms with Gasteiger partial charge in [0.25, 0.3) is 0 Å². The first-order valence-electron chi connectivity index (χ1n) is 8.99. The number of nitrogens with one attached hydrogen (secondary N) is 3. The number of aromatic amines is 1. The number of nitrogens with zero attached hydrogens (tertiary/aromatic N) is 4. The Morgan fingerprint density at radius 2 is 1.84 bits per heavy atom. The number of rotatable bonds is 7. The Bertz CT molecular complexity index is 1300. The van der Waals surface area contributed by atoms with Crippen LogP contribution in [-0.4, -0.2) is 33.6 Å². The highest BCUT2D eigenvalue weighted by Crippen LogP contribution is 2.22. The van der Waals surface area contributed by atoms with Crippen LogP contribution < -0.4 is 15.8 Å². The third kappa shape index (κ3) is 5.18. The Morgan fingerprint density at radius 1 is 1.03 bits per heavy atom. The fourth-order valence-electron chi connectivity index (χ4n) is 2.75. The average Bonchev–Trinajstić information content (AvgIpc) is 3.25. The van der Waals surface area contributed by atoms with E-state index in [4.69, 9.17) is 5.14 Å². The molecule has 0 aliphatic heterocycles. The predicted octanol–water partition coefficient (Wildman–Crippen LogP) is 2.46. The van der Waals surface area contributed by atoms with Crippen molar-refractivity contribution in [2.75, 3.05) is 10.6 Å². The van der Waals surface area contributed by atoms with Crippen molar-refractivity contribution in [3.8, 4) is 0 Å². The fourth-order valence-corrected chi connectivity index (χ4v) is 3.31. The molecule has 31 heavy (non-hydrogen) atoms. The molecule has 12 heteroatoms. The summed E-state index contributed by atoms with van der Waals surface area (Å²) in [5.41, 5.74) is 2.02. The zero-order chi connectivity index (χ0) is 21.8. The van der Waals surface area contributed by atoms with Gasteiger partial charge in [-0.25, -0.2) is 27.9 Å². The van der Waals surface area contributed by atoms with Gasteiger partial charge >= 0.3 is 0 Å². The molecular weight excluding hydrogens is 423 g/mol. The second kappa shape index (κ2) is 8.45.